The van der Waals surface area contributed by atoms with Gasteiger partial charge in [0.1, 0.15) is 30.2 Å². The van der Waals surface area contributed by atoms with Crippen LogP contribution < -0.4 is 32.3 Å². The molecule has 1 saturated heterocycles. The van der Waals surface area contributed by atoms with E-state index < -0.39 is 65.7 Å². The van der Waals surface area contributed by atoms with Crippen molar-refractivity contribution in [2.45, 2.75) is 64.3 Å². The van der Waals surface area contributed by atoms with Gasteiger partial charge in [0, 0.05) is 36.7 Å². The molecule has 0 radical (unpaired) electrons. The maximum atomic E-state index is 13.1. The number of imidazole rings is 1. The first-order valence-electron chi connectivity index (χ1n) is 11.9. The molecule has 2 unspecified atom stereocenters. The summed E-state index contributed by atoms with van der Waals surface area (Å²) in [7, 11) is 2.35. The molecule has 2 heterocycles. The fourth-order valence-electron chi connectivity index (χ4n) is 3.41. The normalized spacial score (nSPS) is 26.4. The molecule has 38 heavy (non-hydrogen) atoms. The van der Waals surface area contributed by atoms with Gasteiger partial charge < -0.3 is 37.3 Å². The molecule has 0 aliphatic carbocycles. The maximum Gasteiger partial charge on any atom is 0.244 e. The second-order valence-corrected chi connectivity index (χ2v) is 11.6. The minimum atomic E-state index is -1.11. The Balaban J connectivity index is 2.36. The smallest absolute Gasteiger partial charge is 0.244 e. The average Bonchev–Trinajstić information content (AvgIpc) is 3.34. The van der Waals surface area contributed by atoms with E-state index in [2.05, 4.69) is 36.6 Å². The highest BCUT2D eigenvalue weighted by Gasteiger charge is 2.32. The Hall–Kier alpha value is -3.27. The van der Waals surface area contributed by atoms with E-state index in [-0.39, 0.29) is 23.8 Å². The molecule has 1 aliphatic heterocycles. The lowest BCUT2D eigenvalue weighted by Gasteiger charge is -2.26. The number of hydrogen-bond donors (Lipinski definition) is 7. The number of hydrogen-bond acceptors (Lipinski definition) is 9. The molecule has 1 aromatic rings. The number of nitrogens with one attached hydrogen (secondary N) is 6. The van der Waals surface area contributed by atoms with Gasteiger partial charge >= 0.3 is 0 Å². The van der Waals surface area contributed by atoms with E-state index in [1.807, 2.05) is 0 Å². The summed E-state index contributed by atoms with van der Waals surface area (Å²) >= 11 is 0. The summed E-state index contributed by atoms with van der Waals surface area (Å²) in [5.41, 5.74) is 6.02. The van der Waals surface area contributed by atoms with E-state index in [0.29, 0.717) is 5.69 Å². The topological polar surface area (TPSA) is 217 Å². The Kier molecular flexibility index (Phi) is 11.9. The van der Waals surface area contributed by atoms with E-state index in [4.69, 9.17) is 5.73 Å². The van der Waals surface area contributed by atoms with Crippen molar-refractivity contribution in [3.8, 4) is 0 Å². The first-order chi connectivity index (χ1) is 17.9. The Morgan fingerprint density at radius 3 is 2.29 bits per heavy atom. The van der Waals surface area contributed by atoms with Gasteiger partial charge in [-0.1, -0.05) is 35.4 Å². The second-order valence-electron chi connectivity index (χ2n) is 9.09. The van der Waals surface area contributed by atoms with Crippen molar-refractivity contribution >= 4 is 57.0 Å². The van der Waals surface area contributed by atoms with Crippen LogP contribution in [0.15, 0.2) is 12.5 Å². The van der Waals surface area contributed by atoms with E-state index in [9.17, 15) is 28.8 Å². The zero-order valence-corrected chi connectivity index (χ0v) is 23.2. The molecule has 0 spiro atoms. The summed E-state index contributed by atoms with van der Waals surface area (Å²) < 4.78 is 0. The fourth-order valence-corrected chi connectivity index (χ4v) is 5.75. The summed E-state index contributed by atoms with van der Waals surface area (Å²) in [4.78, 5) is 82.6. The van der Waals surface area contributed by atoms with Crippen LogP contribution in [-0.2, 0) is 35.2 Å². The number of aromatic nitrogens is 2. The molecule has 2 rings (SSSR count). The van der Waals surface area contributed by atoms with Crippen molar-refractivity contribution < 1.29 is 28.8 Å². The molecule has 0 aromatic carbocycles. The van der Waals surface area contributed by atoms with E-state index in [1.54, 1.807) is 13.8 Å². The number of H-pyrrole nitrogens is 1. The highest BCUT2D eigenvalue weighted by Crippen LogP contribution is 2.23. The lowest BCUT2D eigenvalue weighted by atomic mass is 10.0. The van der Waals surface area contributed by atoms with Gasteiger partial charge in [-0.25, -0.2) is 4.98 Å². The van der Waals surface area contributed by atoms with Crippen LogP contribution >= 0.6 is 21.6 Å². The zero-order chi connectivity index (χ0) is 28.4. The van der Waals surface area contributed by atoms with Gasteiger partial charge in [0.25, 0.3) is 0 Å². The van der Waals surface area contributed by atoms with E-state index >= 15 is 0 Å². The van der Waals surface area contributed by atoms with Crippen LogP contribution in [0.25, 0.3) is 0 Å². The van der Waals surface area contributed by atoms with Crippen molar-refractivity contribution in [1.82, 2.24) is 36.6 Å². The molecule has 16 heteroatoms. The molecule has 0 saturated carbocycles. The highest BCUT2D eigenvalue weighted by atomic mass is 33.1. The predicted octanol–water partition coefficient (Wildman–Crippen LogP) is -2.05. The minimum absolute atomic E-state index is 0.0396. The first kappa shape index (κ1) is 31.0. The van der Waals surface area contributed by atoms with Gasteiger partial charge in [-0.3, -0.25) is 28.8 Å². The molecule has 210 valence electrons. The van der Waals surface area contributed by atoms with Crippen LogP contribution in [0.5, 0.6) is 0 Å². The summed E-state index contributed by atoms with van der Waals surface area (Å²) in [5.74, 6) is -3.89. The molecular formula is C22H34N8O6S2. The third-order valence-corrected chi connectivity index (χ3v) is 7.94. The van der Waals surface area contributed by atoms with Crippen LogP contribution in [0.2, 0.25) is 0 Å². The Bertz CT molecular complexity index is 1020. The number of rotatable bonds is 5. The van der Waals surface area contributed by atoms with Gasteiger partial charge in [-0.2, -0.15) is 0 Å². The summed E-state index contributed by atoms with van der Waals surface area (Å²) in [6, 6.07) is -5.23. The third-order valence-electron chi connectivity index (χ3n) is 5.52. The van der Waals surface area contributed by atoms with E-state index in [0.717, 1.165) is 0 Å². The number of nitrogens with two attached hydrogens (primary N) is 1. The number of primary amides is 1. The van der Waals surface area contributed by atoms with Crippen molar-refractivity contribution in [2.75, 3.05) is 11.5 Å². The SMILES string of the molecule is CC(=O)N[C@H]1CSSC[C@@H](C(N)=O)NC(=O)C(C(C)C)NC(=O)C(C)NC(=O)[C@H](Cc2cnc[nH]2)NC1=O. The lowest BCUT2D eigenvalue weighted by molar-refractivity contribution is -0.135. The van der Waals surface area contributed by atoms with Crippen molar-refractivity contribution in [1.29, 1.82) is 0 Å². The Morgan fingerprint density at radius 2 is 1.71 bits per heavy atom. The molecule has 8 N–H and O–H groups in total. The van der Waals surface area contributed by atoms with Crippen LogP contribution in [0, 0.1) is 5.92 Å². The number of carbonyl (C=O) groups is 6. The molecule has 1 aromatic heterocycles. The summed E-state index contributed by atoms with van der Waals surface area (Å²) in [6.07, 6.45) is 2.96. The number of aromatic amines is 1. The monoisotopic (exact) mass is 570 g/mol. The molecule has 1 fully saturated rings. The Labute approximate surface area is 227 Å². The largest absolute Gasteiger partial charge is 0.368 e. The first-order valence-corrected chi connectivity index (χ1v) is 14.4. The van der Waals surface area contributed by atoms with Gasteiger partial charge in [0.05, 0.1) is 6.33 Å². The highest BCUT2D eigenvalue weighted by molar-refractivity contribution is 8.76. The van der Waals surface area contributed by atoms with Gasteiger partial charge in [0.15, 0.2) is 0 Å². The average molecular weight is 571 g/mol. The van der Waals surface area contributed by atoms with Gasteiger partial charge in [-0.05, 0) is 12.8 Å². The van der Waals surface area contributed by atoms with Crippen LogP contribution in [0.1, 0.15) is 33.4 Å². The second kappa shape index (κ2) is 14.6. The fraction of sp³-hybridized carbons (Fsp3) is 0.591. The van der Waals surface area contributed by atoms with E-state index in [1.165, 1.54) is 48.0 Å². The minimum Gasteiger partial charge on any atom is -0.368 e. The number of nitrogens with zero attached hydrogens (tertiary/aromatic N) is 1. The standard InChI is InChI=1S/C22H34N8O6S2/c1-10(2)17-22(36)29-15(18(23)32)7-37-38-8-16(27-12(4)31)21(35)28-14(5-13-6-24-9-25-13)20(34)26-11(3)19(33)30-17/h6,9-11,14-17H,5,7-8H2,1-4H3,(H2,23,32)(H,24,25)(H,26,34)(H,27,31)(H,28,35)(H,29,36)(H,30,33)/t11?,14-,15-,16-,17?/m0/s1. The summed E-state index contributed by atoms with van der Waals surface area (Å²) in [5, 5.41) is 12.9. The molecule has 1 aliphatic rings. The van der Waals surface area contributed by atoms with Crippen LogP contribution in [0.4, 0.5) is 0 Å². The summed E-state index contributed by atoms with van der Waals surface area (Å²) in [6.45, 7) is 6.13. The number of amides is 6. The van der Waals surface area contributed by atoms with Crippen LogP contribution in [0.3, 0.4) is 0 Å². The number of carbonyl (C=O) groups excluding carboxylic acids is 6. The third kappa shape index (κ3) is 9.55. The Morgan fingerprint density at radius 1 is 1.03 bits per heavy atom. The maximum absolute atomic E-state index is 13.1. The van der Waals surface area contributed by atoms with Crippen LogP contribution in [-0.4, -0.2) is 87.1 Å². The molecule has 0 bridgehead atoms. The zero-order valence-electron chi connectivity index (χ0n) is 21.5. The molecule has 6 amide bonds. The lowest BCUT2D eigenvalue weighted by Crippen LogP contribution is -2.59. The van der Waals surface area contributed by atoms with Crippen molar-refractivity contribution in [3.63, 3.8) is 0 Å². The van der Waals surface area contributed by atoms with Crippen molar-refractivity contribution in [3.05, 3.63) is 18.2 Å². The molecule has 5 atom stereocenters. The quantitative estimate of drug-likeness (QED) is 0.194. The predicted molar refractivity (Wildman–Crippen MR) is 142 cm³/mol. The molecular weight excluding hydrogens is 536 g/mol. The van der Waals surface area contributed by atoms with Gasteiger partial charge in [-0.15, -0.1) is 0 Å². The van der Waals surface area contributed by atoms with Gasteiger partial charge in [0.2, 0.25) is 35.4 Å². The van der Waals surface area contributed by atoms with Crippen molar-refractivity contribution in [2.24, 2.45) is 11.7 Å². The molecule has 14 nitrogen and oxygen atoms in total.